The van der Waals surface area contributed by atoms with E-state index in [2.05, 4.69) is 38.8 Å². The van der Waals surface area contributed by atoms with E-state index in [0.717, 1.165) is 39.6 Å². The molecule has 0 unspecified atom stereocenters. The van der Waals surface area contributed by atoms with Crippen LogP contribution in [0.3, 0.4) is 0 Å². The van der Waals surface area contributed by atoms with E-state index in [4.69, 9.17) is 23.2 Å². The van der Waals surface area contributed by atoms with Gasteiger partial charge in [0.05, 0.1) is 0 Å². The predicted molar refractivity (Wildman–Crippen MR) is 109 cm³/mol. The number of H-pyrrole nitrogens is 1. The summed E-state index contributed by atoms with van der Waals surface area (Å²) >= 11 is 13.9. The standard InChI is InChI=1S/C19H16Cl2N4S/c1-2-25-18(15-10-22-17-6-4-3-5-14(15)17)23-24-19(25)26-11-12-7-8-13(20)9-16(12)21/h3-10,22H,2,11H2,1H3. The zero-order valence-electron chi connectivity index (χ0n) is 14.0. The molecular weight excluding hydrogens is 387 g/mol. The Morgan fingerprint density at radius 2 is 1.96 bits per heavy atom. The number of nitrogens with one attached hydrogen (secondary N) is 1. The fraction of sp³-hybridized carbons (Fsp3) is 0.158. The average molecular weight is 403 g/mol. The van der Waals surface area contributed by atoms with Crippen LogP contribution in [0.1, 0.15) is 12.5 Å². The molecule has 4 nitrogen and oxygen atoms in total. The van der Waals surface area contributed by atoms with Crippen molar-refractivity contribution in [3.8, 4) is 11.4 Å². The Labute approximate surface area is 165 Å². The first kappa shape index (κ1) is 17.5. The van der Waals surface area contributed by atoms with E-state index < -0.39 is 0 Å². The van der Waals surface area contributed by atoms with Gasteiger partial charge in [0.2, 0.25) is 0 Å². The van der Waals surface area contributed by atoms with Crippen LogP contribution >= 0.6 is 35.0 Å². The molecule has 0 fully saturated rings. The van der Waals surface area contributed by atoms with Gasteiger partial charge in [0.1, 0.15) is 0 Å². The Balaban J connectivity index is 1.65. The lowest BCUT2D eigenvalue weighted by molar-refractivity contribution is 0.687. The van der Waals surface area contributed by atoms with Crippen molar-refractivity contribution in [2.75, 3.05) is 0 Å². The highest BCUT2D eigenvalue weighted by Gasteiger charge is 2.16. The molecule has 0 spiro atoms. The van der Waals surface area contributed by atoms with Crippen LogP contribution in [0.15, 0.2) is 53.8 Å². The fourth-order valence-electron chi connectivity index (χ4n) is 2.92. The van der Waals surface area contributed by atoms with Gasteiger partial charge in [-0.3, -0.25) is 0 Å². The largest absolute Gasteiger partial charge is 0.360 e. The number of rotatable bonds is 5. The van der Waals surface area contributed by atoms with Gasteiger partial charge in [-0.15, -0.1) is 10.2 Å². The zero-order chi connectivity index (χ0) is 18.1. The maximum absolute atomic E-state index is 6.28. The summed E-state index contributed by atoms with van der Waals surface area (Å²) in [6.07, 6.45) is 1.99. The van der Waals surface area contributed by atoms with Gasteiger partial charge in [0.15, 0.2) is 11.0 Å². The van der Waals surface area contributed by atoms with Gasteiger partial charge in [-0.2, -0.15) is 0 Å². The molecule has 0 aliphatic heterocycles. The van der Waals surface area contributed by atoms with Gasteiger partial charge < -0.3 is 9.55 Å². The molecule has 0 atom stereocenters. The number of para-hydroxylation sites is 1. The number of benzene rings is 2. The SMILES string of the molecule is CCn1c(SCc2ccc(Cl)cc2Cl)nnc1-c1c[nH]c2ccccc12. The van der Waals surface area contributed by atoms with Crippen LogP contribution in [0.5, 0.6) is 0 Å². The molecule has 2 aromatic carbocycles. The third-order valence-electron chi connectivity index (χ3n) is 4.24. The number of halogens is 2. The van der Waals surface area contributed by atoms with Crippen molar-refractivity contribution in [1.82, 2.24) is 19.7 Å². The van der Waals surface area contributed by atoms with E-state index in [9.17, 15) is 0 Å². The minimum atomic E-state index is 0.641. The topological polar surface area (TPSA) is 46.5 Å². The molecule has 132 valence electrons. The van der Waals surface area contributed by atoms with E-state index in [0.29, 0.717) is 15.8 Å². The highest BCUT2D eigenvalue weighted by Crippen LogP contribution is 2.32. The van der Waals surface area contributed by atoms with Crippen LogP contribution in [-0.4, -0.2) is 19.7 Å². The Kier molecular flexibility index (Phi) is 4.94. The average Bonchev–Trinajstić information content (AvgIpc) is 3.24. The minimum absolute atomic E-state index is 0.641. The number of aromatic amines is 1. The molecule has 7 heteroatoms. The maximum atomic E-state index is 6.28. The van der Waals surface area contributed by atoms with Gasteiger partial charge in [-0.25, -0.2) is 0 Å². The van der Waals surface area contributed by atoms with Crippen LogP contribution in [-0.2, 0) is 12.3 Å². The summed E-state index contributed by atoms with van der Waals surface area (Å²) < 4.78 is 2.13. The van der Waals surface area contributed by atoms with Crippen molar-refractivity contribution in [1.29, 1.82) is 0 Å². The molecule has 0 saturated carbocycles. The molecule has 2 aromatic heterocycles. The lowest BCUT2D eigenvalue weighted by Crippen LogP contribution is -1.99. The van der Waals surface area contributed by atoms with Gasteiger partial charge >= 0.3 is 0 Å². The second kappa shape index (κ2) is 7.35. The Morgan fingerprint density at radius 3 is 2.77 bits per heavy atom. The lowest BCUT2D eigenvalue weighted by Gasteiger charge is -2.08. The van der Waals surface area contributed by atoms with Crippen molar-refractivity contribution in [2.24, 2.45) is 0 Å². The van der Waals surface area contributed by atoms with Gasteiger partial charge in [-0.1, -0.05) is 59.2 Å². The summed E-state index contributed by atoms with van der Waals surface area (Å²) in [5.74, 6) is 1.58. The molecule has 26 heavy (non-hydrogen) atoms. The van der Waals surface area contributed by atoms with Crippen LogP contribution in [0, 0.1) is 0 Å². The molecule has 0 aliphatic rings. The number of aromatic nitrogens is 4. The summed E-state index contributed by atoms with van der Waals surface area (Å²) in [5, 5.41) is 12.2. The zero-order valence-corrected chi connectivity index (χ0v) is 16.4. The second-order valence-electron chi connectivity index (χ2n) is 5.82. The molecule has 4 aromatic rings. The summed E-state index contributed by atoms with van der Waals surface area (Å²) in [5.41, 5.74) is 3.18. The summed E-state index contributed by atoms with van der Waals surface area (Å²) in [6.45, 7) is 2.89. The van der Waals surface area contributed by atoms with Crippen molar-refractivity contribution in [3.05, 3.63) is 64.3 Å². The predicted octanol–water partition coefficient (Wildman–Crippen LogP) is 6.05. The van der Waals surface area contributed by atoms with Crippen LogP contribution in [0.2, 0.25) is 10.0 Å². The summed E-state index contributed by atoms with van der Waals surface area (Å²) in [6, 6.07) is 13.8. The molecule has 0 aliphatic carbocycles. The van der Waals surface area contributed by atoms with Crippen molar-refractivity contribution >= 4 is 45.9 Å². The number of thioether (sulfide) groups is 1. The number of nitrogens with zero attached hydrogens (tertiary/aromatic N) is 3. The second-order valence-corrected chi connectivity index (χ2v) is 7.61. The molecule has 1 N–H and O–H groups in total. The van der Waals surface area contributed by atoms with Gasteiger partial charge in [0, 0.05) is 45.0 Å². The first-order chi connectivity index (χ1) is 12.7. The van der Waals surface area contributed by atoms with E-state index in [1.54, 1.807) is 17.8 Å². The molecule has 0 saturated heterocycles. The van der Waals surface area contributed by atoms with Gasteiger partial charge in [-0.05, 0) is 30.7 Å². The summed E-state index contributed by atoms with van der Waals surface area (Å²) in [4.78, 5) is 3.30. The maximum Gasteiger partial charge on any atom is 0.191 e. The minimum Gasteiger partial charge on any atom is -0.360 e. The van der Waals surface area contributed by atoms with Crippen molar-refractivity contribution < 1.29 is 0 Å². The molecule has 0 bridgehead atoms. The molecule has 4 rings (SSSR count). The van der Waals surface area contributed by atoms with Crippen LogP contribution in [0.4, 0.5) is 0 Å². The van der Waals surface area contributed by atoms with Crippen molar-refractivity contribution in [2.45, 2.75) is 24.4 Å². The highest BCUT2D eigenvalue weighted by atomic mass is 35.5. The molecule has 0 amide bonds. The third kappa shape index (κ3) is 3.22. The monoisotopic (exact) mass is 402 g/mol. The Morgan fingerprint density at radius 1 is 1.12 bits per heavy atom. The molecule has 0 radical (unpaired) electrons. The number of hydrogen-bond donors (Lipinski definition) is 1. The molecule has 2 heterocycles. The van der Waals surface area contributed by atoms with Crippen LogP contribution in [0.25, 0.3) is 22.3 Å². The van der Waals surface area contributed by atoms with Crippen LogP contribution < -0.4 is 0 Å². The van der Waals surface area contributed by atoms with E-state index in [1.807, 2.05) is 30.5 Å². The van der Waals surface area contributed by atoms with E-state index in [-0.39, 0.29) is 0 Å². The van der Waals surface area contributed by atoms with E-state index >= 15 is 0 Å². The Bertz CT molecular complexity index is 1070. The highest BCUT2D eigenvalue weighted by molar-refractivity contribution is 7.98. The van der Waals surface area contributed by atoms with E-state index in [1.165, 1.54) is 0 Å². The number of fused-ring (bicyclic) bond motifs is 1. The normalized spacial score (nSPS) is 11.3. The van der Waals surface area contributed by atoms with Gasteiger partial charge in [0.25, 0.3) is 0 Å². The first-order valence-electron chi connectivity index (χ1n) is 8.23. The smallest absolute Gasteiger partial charge is 0.191 e. The molecular formula is C19H16Cl2N4S. The van der Waals surface area contributed by atoms with Crippen molar-refractivity contribution in [3.63, 3.8) is 0 Å². The Hall–Kier alpha value is -1.95. The fourth-order valence-corrected chi connectivity index (χ4v) is 4.48. The first-order valence-corrected chi connectivity index (χ1v) is 9.98. The third-order valence-corrected chi connectivity index (χ3v) is 5.84. The quantitative estimate of drug-likeness (QED) is 0.413. The number of hydrogen-bond acceptors (Lipinski definition) is 3. The summed E-state index contributed by atoms with van der Waals surface area (Å²) in [7, 11) is 0. The lowest BCUT2D eigenvalue weighted by atomic mass is 10.1.